The van der Waals surface area contributed by atoms with Gasteiger partial charge in [0.15, 0.2) is 5.78 Å². The van der Waals surface area contributed by atoms with E-state index >= 15 is 0 Å². The van der Waals surface area contributed by atoms with Crippen LogP contribution in [0.1, 0.15) is 51.4 Å². The zero-order valence-electron chi connectivity index (χ0n) is 14.5. The van der Waals surface area contributed by atoms with Gasteiger partial charge >= 0.3 is 0 Å². The molecule has 0 unspecified atom stereocenters. The van der Waals surface area contributed by atoms with E-state index in [1.165, 1.54) is 0 Å². The van der Waals surface area contributed by atoms with Crippen LogP contribution in [-0.2, 0) is 4.74 Å². The maximum atomic E-state index is 12.5. The standard InChI is InChI=1S/C19H29NO2/c1-14(2)17-11-16(22-19(3,4)5)12-20(17)13-18(21)15-9-7-6-8-10-15/h6-10,14,16-17H,11-13H2,1-5H3/t16-,17+/m1/s1. The van der Waals surface area contributed by atoms with Gasteiger partial charge in [0.2, 0.25) is 0 Å². The highest BCUT2D eigenvalue weighted by Crippen LogP contribution is 2.28. The predicted molar refractivity (Wildman–Crippen MR) is 90.2 cm³/mol. The van der Waals surface area contributed by atoms with Gasteiger partial charge in [0.25, 0.3) is 0 Å². The highest BCUT2D eigenvalue weighted by atomic mass is 16.5. The molecular formula is C19H29NO2. The Bertz CT molecular complexity index is 490. The molecule has 1 fully saturated rings. The van der Waals surface area contributed by atoms with Crippen LogP contribution < -0.4 is 0 Å². The first-order valence-electron chi connectivity index (χ1n) is 8.26. The molecule has 1 aromatic carbocycles. The third kappa shape index (κ3) is 4.65. The lowest BCUT2D eigenvalue weighted by Crippen LogP contribution is -2.38. The number of ketones is 1. The van der Waals surface area contributed by atoms with Gasteiger partial charge in [0.05, 0.1) is 18.2 Å². The number of hydrogen-bond donors (Lipinski definition) is 0. The molecule has 0 amide bonds. The molecule has 3 nitrogen and oxygen atoms in total. The van der Waals surface area contributed by atoms with Crippen molar-refractivity contribution in [3.8, 4) is 0 Å². The number of Topliss-reactive ketones (excluding diaryl/α,β-unsaturated/α-hetero) is 1. The summed E-state index contributed by atoms with van der Waals surface area (Å²) < 4.78 is 6.14. The maximum Gasteiger partial charge on any atom is 0.176 e. The van der Waals surface area contributed by atoms with Crippen molar-refractivity contribution in [2.75, 3.05) is 13.1 Å². The van der Waals surface area contributed by atoms with Crippen LogP contribution in [0.4, 0.5) is 0 Å². The molecule has 3 heteroatoms. The molecule has 0 aliphatic carbocycles. The molecule has 0 spiro atoms. The number of carbonyl (C=O) groups excluding carboxylic acids is 1. The van der Waals surface area contributed by atoms with Crippen molar-refractivity contribution in [3.05, 3.63) is 35.9 Å². The summed E-state index contributed by atoms with van der Waals surface area (Å²) in [4.78, 5) is 14.8. The Labute approximate surface area is 134 Å². The SMILES string of the molecule is CC(C)[C@@H]1C[C@@H](OC(C)(C)C)CN1CC(=O)c1ccccc1. The van der Waals surface area contributed by atoms with E-state index < -0.39 is 0 Å². The summed E-state index contributed by atoms with van der Waals surface area (Å²) in [5.41, 5.74) is 0.663. The van der Waals surface area contributed by atoms with Crippen molar-refractivity contribution in [1.29, 1.82) is 0 Å². The fourth-order valence-electron chi connectivity index (χ4n) is 3.25. The van der Waals surface area contributed by atoms with Crippen molar-refractivity contribution in [2.24, 2.45) is 5.92 Å². The van der Waals surface area contributed by atoms with Crippen LogP contribution >= 0.6 is 0 Å². The molecule has 0 N–H and O–H groups in total. The molecule has 0 saturated carbocycles. The normalized spacial score (nSPS) is 23.2. The second-order valence-corrected chi connectivity index (χ2v) is 7.62. The summed E-state index contributed by atoms with van der Waals surface area (Å²) in [6.07, 6.45) is 1.23. The average Bonchev–Trinajstić information content (AvgIpc) is 2.80. The second kappa shape index (κ2) is 6.93. The summed E-state index contributed by atoms with van der Waals surface area (Å²) in [6, 6.07) is 9.99. The van der Waals surface area contributed by atoms with Crippen molar-refractivity contribution in [3.63, 3.8) is 0 Å². The summed E-state index contributed by atoms with van der Waals surface area (Å²) in [7, 11) is 0. The Hall–Kier alpha value is -1.19. The molecule has 0 aromatic heterocycles. The van der Waals surface area contributed by atoms with E-state index in [-0.39, 0.29) is 17.5 Å². The first-order valence-corrected chi connectivity index (χ1v) is 8.26. The minimum Gasteiger partial charge on any atom is -0.371 e. The van der Waals surface area contributed by atoms with E-state index in [2.05, 4.69) is 39.5 Å². The van der Waals surface area contributed by atoms with Crippen molar-refractivity contribution in [1.82, 2.24) is 4.90 Å². The number of rotatable bonds is 5. The number of benzene rings is 1. The van der Waals surface area contributed by atoms with Crippen LogP contribution in [0.5, 0.6) is 0 Å². The average molecular weight is 303 g/mol. The quantitative estimate of drug-likeness (QED) is 0.775. The van der Waals surface area contributed by atoms with Gasteiger partial charge in [-0.1, -0.05) is 44.2 Å². The topological polar surface area (TPSA) is 29.5 Å². The molecule has 1 saturated heterocycles. The highest BCUT2D eigenvalue weighted by Gasteiger charge is 2.37. The van der Waals surface area contributed by atoms with E-state index in [0.717, 1.165) is 18.5 Å². The van der Waals surface area contributed by atoms with Crippen LogP contribution in [0.15, 0.2) is 30.3 Å². The van der Waals surface area contributed by atoms with Crippen molar-refractivity contribution < 1.29 is 9.53 Å². The number of likely N-dealkylation sites (tertiary alicyclic amines) is 1. The molecule has 2 rings (SSSR count). The molecule has 1 aliphatic heterocycles. The van der Waals surface area contributed by atoms with Crippen LogP contribution in [0.25, 0.3) is 0 Å². The van der Waals surface area contributed by atoms with Crippen LogP contribution in [0, 0.1) is 5.92 Å². The van der Waals surface area contributed by atoms with Gasteiger partial charge in [0.1, 0.15) is 0 Å². The van der Waals surface area contributed by atoms with Gasteiger partial charge in [-0.3, -0.25) is 9.69 Å². The Kier molecular flexibility index (Phi) is 5.41. The minimum atomic E-state index is -0.133. The number of ether oxygens (including phenoxy) is 1. The summed E-state index contributed by atoms with van der Waals surface area (Å²) in [5, 5.41) is 0. The molecule has 0 bridgehead atoms. The molecule has 1 aliphatic rings. The van der Waals surface area contributed by atoms with Crippen LogP contribution in [0.3, 0.4) is 0 Å². The highest BCUT2D eigenvalue weighted by molar-refractivity contribution is 5.97. The second-order valence-electron chi connectivity index (χ2n) is 7.62. The van der Waals surface area contributed by atoms with Crippen LogP contribution in [-0.4, -0.2) is 41.5 Å². The molecule has 0 radical (unpaired) electrons. The summed E-state index contributed by atoms with van der Waals surface area (Å²) in [5.74, 6) is 0.722. The lowest BCUT2D eigenvalue weighted by Gasteiger charge is -2.26. The fourth-order valence-corrected chi connectivity index (χ4v) is 3.25. The lowest BCUT2D eigenvalue weighted by molar-refractivity contribution is -0.0539. The zero-order valence-corrected chi connectivity index (χ0v) is 14.5. The van der Waals surface area contributed by atoms with E-state index in [0.29, 0.717) is 18.5 Å². The van der Waals surface area contributed by atoms with E-state index in [1.54, 1.807) is 0 Å². The first-order chi connectivity index (χ1) is 10.3. The van der Waals surface area contributed by atoms with Gasteiger partial charge in [-0.25, -0.2) is 0 Å². The molecule has 122 valence electrons. The molecular weight excluding hydrogens is 274 g/mol. The lowest BCUT2D eigenvalue weighted by atomic mass is 10.0. The predicted octanol–water partition coefficient (Wildman–Crippen LogP) is 3.78. The van der Waals surface area contributed by atoms with E-state index in [4.69, 9.17) is 4.74 Å². The van der Waals surface area contributed by atoms with Gasteiger partial charge in [-0.2, -0.15) is 0 Å². The van der Waals surface area contributed by atoms with Crippen molar-refractivity contribution in [2.45, 2.75) is 58.8 Å². The summed E-state index contributed by atoms with van der Waals surface area (Å²) in [6.45, 7) is 12.1. The van der Waals surface area contributed by atoms with Gasteiger partial charge in [-0.15, -0.1) is 0 Å². The number of carbonyl (C=O) groups is 1. The Morgan fingerprint density at radius 1 is 1.27 bits per heavy atom. The Morgan fingerprint density at radius 2 is 1.91 bits per heavy atom. The van der Waals surface area contributed by atoms with Crippen LogP contribution in [0.2, 0.25) is 0 Å². The van der Waals surface area contributed by atoms with Gasteiger partial charge < -0.3 is 4.74 Å². The third-order valence-corrected chi connectivity index (χ3v) is 4.14. The Morgan fingerprint density at radius 3 is 2.45 bits per heavy atom. The first kappa shape index (κ1) is 17.2. The molecule has 1 aromatic rings. The smallest absolute Gasteiger partial charge is 0.176 e. The number of nitrogens with zero attached hydrogens (tertiary/aromatic N) is 1. The zero-order chi connectivity index (χ0) is 16.3. The minimum absolute atomic E-state index is 0.133. The van der Waals surface area contributed by atoms with Crippen molar-refractivity contribution >= 4 is 5.78 Å². The Balaban J connectivity index is 2.03. The fraction of sp³-hybridized carbons (Fsp3) is 0.632. The monoisotopic (exact) mass is 303 g/mol. The van der Waals surface area contributed by atoms with Gasteiger partial charge in [-0.05, 0) is 33.1 Å². The molecule has 22 heavy (non-hydrogen) atoms. The summed E-state index contributed by atoms with van der Waals surface area (Å²) >= 11 is 0. The third-order valence-electron chi connectivity index (χ3n) is 4.14. The maximum absolute atomic E-state index is 12.5. The van der Waals surface area contributed by atoms with E-state index in [9.17, 15) is 4.79 Å². The van der Waals surface area contributed by atoms with E-state index in [1.807, 2.05) is 30.3 Å². The molecule has 1 heterocycles. The largest absolute Gasteiger partial charge is 0.371 e. The van der Waals surface area contributed by atoms with Gasteiger partial charge in [0, 0.05) is 18.2 Å². The number of hydrogen-bond acceptors (Lipinski definition) is 3. The molecule has 2 atom stereocenters.